The first-order chi connectivity index (χ1) is 10.3. The van der Waals surface area contributed by atoms with Gasteiger partial charge in [0.25, 0.3) is 5.56 Å². The van der Waals surface area contributed by atoms with Gasteiger partial charge in [-0.1, -0.05) is 42.5 Å². The fourth-order valence-corrected chi connectivity index (χ4v) is 2.77. The molecule has 1 N–H and O–H groups in total. The molecule has 0 aliphatic rings. The number of hydrogen-bond acceptors (Lipinski definition) is 2. The second kappa shape index (κ2) is 6.06. The average Bonchev–Trinajstić information content (AvgIpc) is 2.51. The van der Waals surface area contributed by atoms with Gasteiger partial charge in [0.1, 0.15) is 0 Å². The number of nitrogens with zero attached hydrogens (tertiary/aromatic N) is 1. The molecule has 0 aliphatic heterocycles. The van der Waals surface area contributed by atoms with Gasteiger partial charge >= 0.3 is 0 Å². The molecule has 0 amide bonds. The van der Waals surface area contributed by atoms with Crippen molar-refractivity contribution in [2.75, 3.05) is 0 Å². The highest BCUT2D eigenvalue weighted by molar-refractivity contribution is 7.71. The highest BCUT2D eigenvalue weighted by Gasteiger charge is 2.04. The normalized spacial score (nSPS) is 10.9. The number of para-hydroxylation sites is 1. The predicted molar refractivity (Wildman–Crippen MR) is 88.2 cm³/mol. The maximum Gasteiger partial charge on any atom is 0.262 e. The molecule has 2 aromatic carbocycles. The Kier molecular flexibility index (Phi) is 3.97. The van der Waals surface area contributed by atoms with E-state index in [4.69, 9.17) is 12.2 Å². The van der Waals surface area contributed by atoms with E-state index in [1.807, 2.05) is 42.5 Å². The van der Waals surface area contributed by atoms with Crippen molar-refractivity contribution in [1.29, 1.82) is 0 Å². The summed E-state index contributed by atoms with van der Waals surface area (Å²) in [4.78, 5) is 15.6. The number of benzene rings is 2. The molecule has 0 atom stereocenters. The van der Waals surface area contributed by atoms with E-state index in [1.165, 1.54) is 5.56 Å². The lowest BCUT2D eigenvalue weighted by atomic mass is 10.1. The van der Waals surface area contributed by atoms with E-state index in [9.17, 15) is 4.79 Å². The van der Waals surface area contributed by atoms with Crippen molar-refractivity contribution in [3.8, 4) is 0 Å². The third-order valence-corrected chi connectivity index (χ3v) is 3.90. The molecule has 3 aromatic rings. The van der Waals surface area contributed by atoms with Gasteiger partial charge in [-0.05, 0) is 42.8 Å². The minimum Gasteiger partial charge on any atom is -0.332 e. The minimum atomic E-state index is -0.0117. The molecule has 0 saturated carbocycles. The lowest BCUT2D eigenvalue weighted by molar-refractivity contribution is 0.609. The van der Waals surface area contributed by atoms with Crippen LogP contribution in [0.1, 0.15) is 12.0 Å². The maximum atomic E-state index is 12.5. The van der Waals surface area contributed by atoms with E-state index >= 15 is 0 Å². The lowest BCUT2D eigenvalue weighted by Gasteiger charge is -2.08. The van der Waals surface area contributed by atoms with Crippen LogP contribution >= 0.6 is 12.2 Å². The van der Waals surface area contributed by atoms with Gasteiger partial charge in [0.05, 0.1) is 10.9 Å². The monoisotopic (exact) mass is 296 g/mol. The summed E-state index contributed by atoms with van der Waals surface area (Å²) in [5.41, 5.74) is 2.07. The van der Waals surface area contributed by atoms with Crippen LogP contribution in [-0.2, 0) is 13.0 Å². The number of H-pyrrole nitrogens is 1. The summed E-state index contributed by atoms with van der Waals surface area (Å²) in [6, 6.07) is 17.7. The van der Waals surface area contributed by atoms with Gasteiger partial charge < -0.3 is 4.98 Å². The first-order valence-electron chi connectivity index (χ1n) is 7.01. The van der Waals surface area contributed by atoms with E-state index in [2.05, 4.69) is 17.1 Å². The van der Waals surface area contributed by atoms with Gasteiger partial charge in [0, 0.05) is 6.54 Å². The summed E-state index contributed by atoms with van der Waals surface area (Å²) in [7, 11) is 0. The molecule has 0 spiro atoms. The quantitative estimate of drug-likeness (QED) is 0.746. The third-order valence-electron chi connectivity index (χ3n) is 3.58. The van der Waals surface area contributed by atoms with Gasteiger partial charge in [-0.3, -0.25) is 9.36 Å². The highest BCUT2D eigenvalue weighted by Crippen LogP contribution is 2.07. The van der Waals surface area contributed by atoms with Crippen LogP contribution in [0, 0.1) is 4.77 Å². The SMILES string of the molecule is O=c1c2ccccc2[nH]c(=S)n1CCCc1ccccc1. The first-order valence-corrected chi connectivity index (χ1v) is 7.42. The first kappa shape index (κ1) is 13.8. The van der Waals surface area contributed by atoms with Crippen LogP contribution < -0.4 is 5.56 Å². The van der Waals surface area contributed by atoms with Crippen molar-refractivity contribution >= 4 is 23.1 Å². The number of aromatic nitrogens is 2. The molecular weight excluding hydrogens is 280 g/mol. The molecule has 1 heterocycles. The zero-order valence-corrected chi connectivity index (χ0v) is 12.4. The van der Waals surface area contributed by atoms with Crippen LogP contribution in [0.2, 0.25) is 0 Å². The van der Waals surface area contributed by atoms with Crippen LogP contribution in [-0.4, -0.2) is 9.55 Å². The number of aromatic amines is 1. The Hall–Kier alpha value is -2.20. The van der Waals surface area contributed by atoms with Crippen molar-refractivity contribution in [1.82, 2.24) is 9.55 Å². The van der Waals surface area contributed by atoms with Gasteiger partial charge in [-0.2, -0.15) is 0 Å². The van der Waals surface area contributed by atoms with Crippen molar-refractivity contribution in [3.05, 3.63) is 75.3 Å². The summed E-state index contributed by atoms with van der Waals surface area (Å²) in [6.45, 7) is 0.633. The van der Waals surface area contributed by atoms with Gasteiger partial charge in [0.2, 0.25) is 0 Å². The number of fused-ring (bicyclic) bond motifs is 1. The molecule has 0 saturated heterocycles. The van der Waals surface area contributed by atoms with Crippen molar-refractivity contribution < 1.29 is 0 Å². The fraction of sp³-hybridized carbons (Fsp3) is 0.176. The molecule has 3 rings (SSSR count). The van der Waals surface area contributed by atoms with Crippen LogP contribution in [0.3, 0.4) is 0 Å². The van der Waals surface area contributed by atoms with Crippen molar-refractivity contribution in [2.45, 2.75) is 19.4 Å². The third kappa shape index (κ3) is 2.95. The zero-order chi connectivity index (χ0) is 14.7. The Morgan fingerprint density at radius 1 is 1.00 bits per heavy atom. The van der Waals surface area contributed by atoms with Crippen LogP contribution in [0.5, 0.6) is 0 Å². The largest absolute Gasteiger partial charge is 0.332 e. The Balaban J connectivity index is 1.84. The summed E-state index contributed by atoms with van der Waals surface area (Å²) >= 11 is 5.30. The van der Waals surface area contributed by atoms with Crippen LogP contribution in [0.25, 0.3) is 10.9 Å². The average molecular weight is 296 g/mol. The second-order valence-electron chi connectivity index (χ2n) is 5.02. The summed E-state index contributed by atoms with van der Waals surface area (Å²) < 4.78 is 2.15. The topological polar surface area (TPSA) is 37.8 Å². The van der Waals surface area contributed by atoms with Crippen molar-refractivity contribution in [3.63, 3.8) is 0 Å². The highest BCUT2D eigenvalue weighted by atomic mass is 32.1. The van der Waals surface area contributed by atoms with E-state index in [0.29, 0.717) is 16.7 Å². The molecular formula is C17H16N2OS. The molecule has 21 heavy (non-hydrogen) atoms. The Morgan fingerprint density at radius 2 is 1.71 bits per heavy atom. The molecule has 0 fully saturated rings. The standard InChI is InChI=1S/C17H16N2OS/c20-16-14-10-4-5-11-15(14)18-17(21)19(16)12-6-9-13-7-2-1-3-8-13/h1-5,7-8,10-11H,6,9,12H2,(H,18,21). The smallest absolute Gasteiger partial charge is 0.262 e. The van der Waals surface area contributed by atoms with E-state index in [-0.39, 0.29) is 5.56 Å². The summed E-state index contributed by atoms with van der Waals surface area (Å²) in [6.07, 6.45) is 1.83. The van der Waals surface area contributed by atoms with Gasteiger partial charge in [-0.25, -0.2) is 0 Å². The zero-order valence-electron chi connectivity index (χ0n) is 11.6. The number of nitrogens with one attached hydrogen (secondary N) is 1. The Bertz CT molecular complexity index is 865. The molecule has 3 nitrogen and oxygen atoms in total. The summed E-state index contributed by atoms with van der Waals surface area (Å²) in [5, 5.41) is 0.686. The molecule has 1 aromatic heterocycles. The maximum absolute atomic E-state index is 12.5. The van der Waals surface area contributed by atoms with Crippen LogP contribution in [0.15, 0.2) is 59.4 Å². The predicted octanol–water partition coefficient (Wildman–Crippen LogP) is 3.69. The second-order valence-corrected chi connectivity index (χ2v) is 5.41. The van der Waals surface area contributed by atoms with Gasteiger partial charge in [0.15, 0.2) is 4.77 Å². The fourth-order valence-electron chi connectivity index (χ4n) is 2.49. The Morgan fingerprint density at radius 3 is 2.52 bits per heavy atom. The Labute approximate surface area is 127 Å². The molecule has 0 unspecified atom stereocenters. The van der Waals surface area contributed by atoms with Gasteiger partial charge in [-0.15, -0.1) is 0 Å². The van der Waals surface area contributed by atoms with E-state index < -0.39 is 0 Å². The molecule has 0 aliphatic carbocycles. The van der Waals surface area contributed by atoms with Crippen molar-refractivity contribution in [2.24, 2.45) is 0 Å². The minimum absolute atomic E-state index is 0.0117. The van der Waals surface area contributed by atoms with E-state index in [0.717, 1.165) is 18.4 Å². The lowest BCUT2D eigenvalue weighted by Crippen LogP contribution is -2.22. The molecule has 106 valence electrons. The molecule has 0 radical (unpaired) electrons. The van der Waals surface area contributed by atoms with Crippen LogP contribution in [0.4, 0.5) is 0 Å². The van der Waals surface area contributed by atoms with E-state index in [1.54, 1.807) is 4.57 Å². The number of aryl methyl sites for hydroxylation is 1. The molecule has 4 heteroatoms. The number of hydrogen-bond donors (Lipinski definition) is 1. The molecule has 0 bridgehead atoms. The summed E-state index contributed by atoms with van der Waals surface area (Å²) in [5.74, 6) is 0. The number of rotatable bonds is 4.